The molecule has 1 aliphatic rings. The minimum atomic E-state index is 0.199. The Labute approximate surface area is 104 Å². The molecule has 0 N–H and O–H groups in total. The summed E-state index contributed by atoms with van der Waals surface area (Å²) < 4.78 is 0. The molecule has 0 bridgehead atoms. The van der Waals surface area contributed by atoms with Crippen LogP contribution in [-0.2, 0) is 0 Å². The van der Waals surface area contributed by atoms with E-state index in [-0.39, 0.29) is 5.92 Å². The molecule has 1 nitrogen and oxygen atoms in total. The minimum absolute atomic E-state index is 0.199. The maximum absolute atomic E-state index is 5.65. The van der Waals surface area contributed by atoms with Crippen LogP contribution in [0, 0.1) is 24.2 Å². The van der Waals surface area contributed by atoms with Crippen LogP contribution in [0.25, 0.3) is 0 Å². The molecule has 0 saturated heterocycles. The lowest BCUT2D eigenvalue weighted by Gasteiger charge is -2.17. The molecule has 0 fully saturated rings. The number of rotatable bonds is 4. The summed E-state index contributed by atoms with van der Waals surface area (Å²) in [6.45, 7) is 8.66. The quantitative estimate of drug-likeness (QED) is 0.668. The summed E-state index contributed by atoms with van der Waals surface area (Å²) in [6.07, 6.45) is 10.1. The van der Waals surface area contributed by atoms with E-state index in [1.54, 1.807) is 0 Å². The third-order valence-electron chi connectivity index (χ3n) is 3.01. The number of aliphatic imine (C=N–C) groups is 1. The standard InChI is InChI=1S/C14H21NS/c1-6-9-10(4)12(7-2)14-15-13(8-3)11(5)16-14/h2,8,10-12H,6,9H2,1,3-5H3. The number of allylic oxidation sites excluding steroid dienone is 1. The Bertz CT molecular complexity index is 335. The van der Waals surface area contributed by atoms with Crippen molar-refractivity contribution in [3.8, 4) is 12.3 Å². The fourth-order valence-corrected chi connectivity index (χ4v) is 3.31. The summed E-state index contributed by atoms with van der Waals surface area (Å²) >= 11 is 1.82. The van der Waals surface area contributed by atoms with Gasteiger partial charge in [0.1, 0.15) is 0 Å². The van der Waals surface area contributed by atoms with E-state index in [0.29, 0.717) is 11.2 Å². The fraction of sp³-hybridized carbons (Fsp3) is 0.643. The van der Waals surface area contributed by atoms with Gasteiger partial charge >= 0.3 is 0 Å². The zero-order chi connectivity index (χ0) is 12.1. The van der Waals surface area contributed by atoms with Crippen LogP contribution in [-0.4, -0.2) is 10.3 Å². The van der Waals surface area contributed by atoms with E-state index in [1.165, 1.54) is 18.5 Å². The molecule has 0 aromatic carbocycles. The maximum Gasteiger partial charge on any atom is 0.0894 e. The first kappa shape index (κ1) is 13.4. The second kappa shape index (κ2) is 6.15. The van der Waals surface area contributed by atoms with Crippen molar-refractivity contribution < 1.29 is 0 Å². The third kappa shape index (κ3) is 2.92. The Hall–Kier alpha value is -0.680. The molecule has 0 amide bonds. The van der Waals surface area contributed by atoms with E-state index in [2.05, 4.69) is 37.8 Å². The number of thioether (sulfide) groups is 1. The highest BCUT2D eigenvalue weighted by Gasteiger charge is 2.28. The van der Waals surface area contributed by atoms with Crippen LogP contribution in [0.5, 0.6) is 0 Å². The molecule has 16 heavy (non-hydrogen) atoms. The van der Waals surface area contributed by atoms with Crippen LogP contribution in [0.15, 0.2) is 16.8 Å². The van der Waals surface area contributed by atoms with Gasteiger partial charge in [0.05, 0.1) is 16.7 Å². The molecule has 1 rings (SSSR count). The van der Waals surface area contributed by atoms with Crippen molar-refractivity contribution in [1.29, 1.82) is 0 Å². The van der Waals surface area contributed by atoms with Crippen LogP contribution in [0.1, 0.15) is 40.5 Å². The molecule has 0 aliphatic carbocycles. The minimum Gasteiger partial charge on any atom is -0.249 e. The Kier molecular flexibility index (Phi) is 5.15. The van der Waals surface area contributed by atoms with Crippen molar-refractivity contribution in [2.75, 3.05) is 0 Å². The highest BCUT2D eigenvalue weighted by atomic mass is 32.2. The summed E-state index contributed by atoms with van der Waals surface area (Å²) in [4.78, 5) is 4.66. The molecule has 1 aliphatic heterocycles. The smallest absolute Gasteiger partial charge is 0.0894 e. The second-order valence-electron chi connectivity index (χ2n) is 4.33. The average Bonchev–Trinajstić information content (AvgIpc) is 2.61. The van der Waals surface area contributed by atoms with Gasteiger partial charge in [0.2, 0.25) is 0 Å². The lowest BCUT2D eigenvalue weighted by atomic mass is 9.91. The maximum atomic E-state index is 5.65. The summed E-state index contributed by atoms with van der Waals surface area (Å²) in [5, 5.41) is 1.61. The largest absolute Gasteiger partial charge is 0.249 e. The SMILES string of the molecule is C#CC(C1=NC(=CC)C(C)S1)C(C)CCC. The first-order chi connectivity index (χ1) is 7.63. The summed E-state index contributed by atoms with van der Waals surface area (Å²) in [5.41, 5.74) is 1.17. The van der Waals surface area contributed by atoms with Crippen molar-refractivity contribution in [1.82, 2.24) is 0 Å². The first-order valence-electron chi connectivity index (χ1n) is 6.01. The van der Waals surface area contributed by atoms with Gasteiger partial charge in [0, 0.05) is 5.25 Å². The Morgan fingerprint density at radius 1 is 1.62 bits per heavy atom. The second-order valence-corrected chi connectivity index (χ2v) is 5.70. The molecule has 88 valence electrons. The molecule has 3 atom stereocenters. The molecule has 0 aromatic rings. The van der Waals surface area contributed by atoms with E-state index in [1.807, 2.05) is 18.7 Å². The van der Waals surface area contributed by atoms with E-state index < -0.39 is 0 Å². The van der Waals surface area contributed by atoms with Gasteiger partial charge in [-0.05, 0) is 26.2 Å². The van der Waals surface area contributed by atoms with E-state index in [9.17, 15) is 0 Å². The van der Waals surface area contributed by atoms with Gasteiger partial charge in [-0.2, -0.15) is 0 Å². The molecule has 3 unspecified atom stereocenters. The molecule has 2 heteroatoms. The van der Waals surface area contributed by atoms with Crippen molar-refractivity contribution in [3.63, 3.8) is 0 Å². The summed E-state index contributed by atoms with van der Waals surface area (Å²) in [5.74, 6) is 3.65. The van der Waals surface area contributed by atoms with Crippen molar-refractivity contribution in [3.05, 3.63) is 11.8 Å². The lowest BCUT2D eigenvalue weighted by molar-refractivity contribution is 0.487. The lowest BCUT2D eigenvalue weighted by Crippen LogP contribution is -2.17. The monoisotopic (exact) mass is 235 g/mol. The summed E-state index contributed by atoms with van der Waals surface area (Å²) in [7, 11) is 0. The Morgan fingerprint density at radius 3 is 2.75 bits per heavy atom. The number of hydrogen-bond donors (Lipinski definition) is 0. The van der Waals surface area contributed by atoms with Crippen molar-refractivity contribution >= 4 is 16.8 Å². The molecular formula is C14H21NS. The van der Waals surface area contributed by atoms with E-state index >= 15 is 0 Å². The van der Waals surface area contributed by atoms with Crippen molar-refractivity contribution in [2.45, 2.75) is 45.8 Å². The topological polar surface area (TPSA) is 12.4 Å². The zero-order valence-corrected chi connectivity index (χ0v) is 11.5. The average molecular weight is 235 g/mol. The predicted octanol–water partition coefficient (Wildman–Crippen LogP) is 4.11. The number of nitrogens with zero attached hydrogens (tertiary/aromatic N) is 1. The van der Waals surface area contributed by atoms with Gasteiger partial charge in [0.15, 0.2) is 0 Å². The van der Waals surface area contributed by atoms with Crippen LogP contribution in [0.4, 0.5) is 0 Å². The van der Waals surface area contributed by atoms with Gasteiger partial charge < -0.3 is 0 Å². The van der Waals surface area contributed by atoms with Gasteiger partial charge in [-0.25, -0.2) is 4.99 Å². The van der Waals surface area contributed by atoms with Crippen LogP contribution < -0.4 is 0 Å². The molecule has 0 spiro atoms. The molecule has 1 heterocycles. The van der Waals surface area contributed by atoms with Crippen LogP contribution >= 0.6 is 11.8 Å². The highest BCUT2D eigenvalue weighted by Crippen LogP contribution is 2.35. The van der Waals surface area contributed by atoms with Crippen molar-refractivity contribution in [2.24, 2.45) is 16.8 Å². The first-order valence-corrected chi connectivity index (χ1v) is 6.89. The normalized spacial score (nSPS) is 26.3. The zero-order valence-electron chi connectivity index (χ0n) is 10.7. The van der Waals surface area contributed by atoms with Crippen LogP contribution in [0.2, 0.25) is 0 Å². The fourth-order valence-electron chi connectivity index (χ4n) is 2.03. The van der Waals surface area contributed by atoms with Gasteiger partial charge in [-0.15, -0.1) is 6.42 Å². The van der Waals surface area contributed by atoms with Crippen LogP contribution in [0.3, 0.4) is 0 Å². The summed E-state index contributed by atoms with van der Waals surface area (Å²) in [6, 6.07) is 0. The Morgan fingerprint density at radius 2 is 2.31 bits per heavy atom. The van der Waals surface area contributed by atoms with Gasteiger partial charge in [-0.3, -0.25) is 0 Å². The molecular weight excluding hydrogens is 214 g/mol. The van der Waals surface area contributed by atoms with Gasteiger partial charge in [-0.1, -0.05) is 44.0 Å². The number of hydrogen-bond acceptors (Lipinski definition) is 2. The molecule has 0 saturated carbocycles. The predicted molar refractivity (Wildman–Crippen MR) is 74.6 cm³/mol. The molecule has 0 radical (unpaired) electrons. The number of terminal acetylenes is 1. The third-order valence-corrected chi connectivity index (χ3v) is 4.19. The van der Waals surface area contributed by atoms with Gasteiger partial charge in [0.25, 0.3) is 0 Å². The van der Waals surface area contributed by atoms with E-state index in [0.717, 1.165) is 5.04 Å². The highest BCUT2D eigenvalue weighted by molar-refractivity contribution is 8.15. The van der Waals surface area contributed by atoms with E-state index in [4.69, 9.17) is 6.42 Å². The molecule has 0 aromatic heterocycles. The Balaban J connectivity index is 2.80.